The molecule has 0 unspecified atom stereocenters. The molecule has 0 heterocycles. The van der Waals surface area contributed by atoms with Crippen LogP contribution in [0.5, 0.6) is 5.75 Å². The molecule has 0 aliphatic heterocycles. The van der Waals surface area contributed by atoms with Gasteiger partial charge in [0.1, 0.15) is 5.75 Å². The number of rotatable bonds is 8. The first-order valence-electron chi connectivity index (χ1n) is 8.43. The number of carbonyl (C=O) groups excluding carboxylic acids is 1. The third kappa shape index (κ3) is 5.59. The topological polar surface area (TPSA) is 75.6 Å². The summed E-state index contributed by atoms with van der Waals surface area (Å²) in [5, 5.41) is 11.8. The Hall–Kier alpha value is -2.34. The first-order valence-corrected chi connectivity index (χ1v) is 9.22. The van der Waals surface area contributed by atoms with Crippen molar-refractivity contribution < 1.29 is 19.4 Å². The molecule has 0 bridgehead atoms. The summed E-state index contributed by atoms with van der Waals surface area (Å²) in [7, 11) is 0. The minimum absolute atomic E-state index is 0.0753. The van der Waals surface area contributed by atoms with Gasteiger partial charge in [-0.3, -0.25) is 4.79 Å². The van der Waals surface area contributed by atoms with Gasteiger partial charge in [0, 0.05) is 6.42 Å². The molecule has 26 heavy (non-hydrogen) atoms. The molecule has 0 saturated heterocycles. The molecule has 0 saturated carbocycles. The fraction of sp³-hybridized carbons (Fsp3) is 0.300. The number of halogens is 1. The first kappa shape index (κ1) is 20.0. The average molecular weight is 420 g/mol. The van der Waals surface area contributed by atoms with E-state index in [0.717, 1.165) is 10.2 Å². The van der Waals surface area contributed by atoms with Crippen LogP contribution in [0, 0.1) is 0 Å². The fourth-order valence-corrected chi connectivity index (χ4v) is 2.91. The van der Waals surface area contributed by atoms with Crippen molar-refractivity contribution in [3.8, 4) is 5.75 Å². The standard InChI is InChI=1S/C20H22BrNO4/c1-13(2)14-9-10-18(16(21)12-14)26-11-5-8-19(23)22-17-7-4-3-6-15(17)20(24)25/h3-4,6-7,9-10,12-13H,5,8,11H2,1-2H3,(H,22,23)(H,24,25). The number of nitrogens with one attached hydrogen (secondary N) is 1. The third-order valence-corrected chi connectivity index (χ3v) is 4.48. The molecule has 0 aliphatic rings. The normalized spacial score (nSPS) is 10.6. The number of para-hydroxylation sites is 1. The van der Waals surface area contributed by atoms with Crippen molar-refractivity contribution in [2.45, 2.75) is 32.6 Å². The Morgan fingerprint density at radius 3 is 2.58 bits per heavy atom. The molecule has 0 radical (unpaired) electrons. The molecule has 2 aromatic rings. The summed E-state index contributed by atoms with van der Waals surface area (Å²) in [6.07, 6.45) is 0.773. The number of aromatic carboxylic acids is 1. The van der Waals surface area contributed by atoms with Crippen LogP contribution < -0.4 is 10.1 Å². The Bertz CT molecular complexity index is 789. The van der Waals surface area contributed by atoms with Crippen LogP contribution in [0.1, 0.15) is 48.5 Å². The van der Waals surface area contributed by atoms with E-state index in [0.29, 0.717) is 24.6 Å². The molecule has 0 atom stereocenters. The lowest BCUT2D eigenvalue weighted by Crippen LogP contribution is -2.15. The van der Waals surface area contributed by atoms with E-state index < -0.39 is 5.97 Å². The van der Waals surface area contributed by atoms with Gasteiger partial charge in [0.15, 0.2) is 0 Å². The van der Waals surface area contributed by atoms with Crippen molar-refractivity contribution in [1.29, 1.82) is 0 Å². The largest absolute Gasteiger partial charge is 0.492 e. The van der Waals surface area contributed by atoms with Crippen molar-refractivity contribution in [2.75, 3.05) is 11.9 Å². The van der Waals surface area contributed by atoms with Gasteiger partial charge < -0.3 is 15.2 Å². The summed E-state index contributed by atoms with van der Waals surface area (Å²) in [5.74, 6) is -0.126. The Kier molecular flexibility index (Phi) is 7.21. The summed E-state index contributed by atoms with van der Waals surface area (Å²) in [4.78, 5) is 23.2. The Morgan fingerprint density at radius 1 is 1.19 bits per heavy atom. The smallest absolute Gasteiger partial charge is 0.337 e. The zero-order valence-electron chi connectivity index (χ0n) is 14.8. The van der Waals surface area contributed by atoms with Gasteiger partial charge in [-0.2, -0.15) is 0 Å². The predicted molar refractivity (Wildman–Crippen MR) is 105 cm³/mol. The SMILES string of the molecule is CC(C)c1ccc(OCCCC(=O)Nc2ccccc2C(=O)O)c(Br)c1. The lowest BCUT2D eigenvalue weighted by molar-refractivity contribution is -0.116. The summed E-state index contributed by atoms with van der Waals surface area (Å²) in [6, 6.07) is 12.3. The van der Waals surface area contributed by atoms with Crippen LogP contribution in [0.3, 0.4) is 0 Å². The van der Waals surface area contributed by atoms with Gasteiger partial charge in [-0.25, -0.2) is 4.79 Å². The quantitative estimate of drug-likeness (QED) is 0.585. The number of carboxylic acids is 1. The van der Waals surface area contributed by atoms with Crippen LogP contribution in [0.15, 0.2) is 46.9 Å². The lowest BCUT2D eigenvalue weighted by atomic mass is 10.0. The number of ether oxygens (including phenoxy) is 1. The van der Waals surface area contributed by atoms with Crippen molar-refractivity contribution in [1.82, 2.24) is 0 Å². The highest BCUT2D eigenvalue weighted by Crippen LogP contribution is 2.29. The highest BCUT2D eigenvalue weighted by molar-refractivity contribution is 9.10. The predicted octanol–water partition coefficient (Wildman–Crippen LogP) is 5.07. The molecule has 1 amide bonds. The van der Waals surface area contributed by atoms with Crippen molar-refractivity contribution in [2.24, 2.45) is 0 Å². The lowest BCUT2D eigenvalue weighted by Gasteiger charge is -2.12. The van der Waals surface area contributed by atoms with E-state index >= 15 is 0 Å². The number of hydrogen-bond donors (Lipinski definition) is 2. The minimum atomic E-state index is -1.07. The molecule has 138 valence electrons. The number of anilines is 1. The zero-order valence-corrected chi connectivity index (χ0v) is 16.4. The third-order valence-electron chi connectivity index (χ3n) is 3.86. The van der Waals surface area contributed by atoms with Crippen LogP contribution in [-0.4, -0.2) is 23.6 Å². The van der Waals surface area contributed by atoms with Gasteiger partial charge in [0.2, 0.25) is 5.91 Å². The number of benzene rings is 2. The highest BCUT2D eigenvalue weighted by Gasteiger charge is 2.11. The van der Waals surface area contributed by atoms with E-state index in [4.69, 9.17) is 9.84 Å². The Morgan fingerprint density at radius 2 is 1.92 bits per heavy atom. The van der Waals surface area contributed by atoms with Crippen molar-refractivity contribution in [3.63, 3.8) is 0 Å². The zero-order chi connectivity index (χ0) is 19.1. The summed E-state index contributed by atoms with van der Waals surface area (Å²) < 4.78 is 6.61. The van der Waals surface area contributed by atoms with Gasteiger partial charge in [0.25, 0.3) is 0 Å². The van der Waals surface area contributed by atoms with Crippen LogP contribution in [0.25, 0.3) is 0 Å². The van der Waals surface area contributed by atoms with Crippen molar-refractivity contribution in [3.05, 3.63) is 58.1 Å². The van der Waals surface area contributed by atoms with E-state index in [1.807, 2.05) is 18.2 Å². The second kappa shape index (κ2) is 9.38. The highest BCUT2D eigenvalue weighted by atomic mass is 79.9. The van der Waals surface area contributed by atoms with E-state index in [-0.39, 0.29) is 17.9 Å². The molecule has 0 aromatic heterocycles. The maximum atomic E-state index is 12.0. The molecule has 2 rings (SSSR count). The fourth-order valence-electron chi connectivity index (χ4n) is 2.40. The molecular formula is C20H22BrNO4. The molecule has 5 nitrogen and oxygen atoms in total. The number of carbonyl (C=O) groups is 2. The maximum absolute atomic E-state index is 12.0. The second-order valence-electron chi connectivity index (χ2n) is 6.20. The van der Waals surface area contributed by atoms with Gasteiger partial charge in [0.05, 0.1) is 22.3 Å². The average Bonchev–Trinajstić information content (AvgIpc) is 2.59. The van der Waals surface area contributed by atoms with E-state index in [1.165, 1.54) is 11.6 Å². The van der Waals surface area contributed by atoms with Gasteiger partial charge >= 0.3 is 5.97 Å². The monoisotopic (exact) mass is 419 g/mol. The van der Waals surface area contributed by atoms with Gasteiger partial charge in [-0.15, -0.1) is 0 Å². The van der Waals surface area contributed by atoms with Crippen LogP contribution in [0.4, 0.5) is 5.69 Å². The van der Waals surface area contributed by atoms with E-state index in [1.54, 1.807) is 18.2 Å². The molecule has 2 N–H and O–H groups in total. The Labute approximate surface area is 161 Å². The maximum Gasteiger partial charge on any atom is 0.337 e. The van der Waals surface area contributed by atoms with Crippen LogP contribution >= 0.6 is 15.9 Å². The second-order valence-corrected chi connectivity index (χ2v) is 7.05. The molecule has 0 fully saturated rings. The summed E-state index contributed by atoms with van der Waals surface area (Å²) in [6.45, 7) is 4.65. The minimum Gasteiger partial charge on any atom is -0.492 e. The van der Waals surface area contributed by atoms with E-state index in [2.05, 4.69) is 35.1 Å². The molecule has 6 heteroatoms. The van der Waals surface area contributed by atoms with Crippen LogP contribution in [0.2, 0.25) is 0 Å². The molecule has 0 aliphatic carbocycles. The van der Waals surface area contributed by atoms with E-state index in [9.17, 15) is 9.59 Å². The number of amides is 1. The first-order chi connectivity index (χ1) is 12.4. The molecular weight excluding hydrogens is 398 g/mol. The molecule has 0 spiro atoms. The number of carboxylic acid groups (broad SMARTS) is 1. The summed E-state index contributed by atoms with van der Waals surface area (Å²) in [5.41, 5.74) is 1.60. The summed E-state index contributed by atoms with van der Waals surface area (Å²) >= 11 is 3.50. The number of hydrogen-bond acceptors (Lipinski definition) is 3. The van der Waals surface area contributed by atoms with Gasteiger partial charge in [-0.05, 0) is 58.1 Å². The molecule has 2 aromatic carbocycles. The van der Waals surface area contributed by atoms with Crippen molar-refractivity contribution >= 4 is 33.5 Å². The van der Waals surface area contributed by atoms with Gasteiger partial charge in [-0.1, -0.05) is 32.0 Å². The Balaban J connectivity index is 1.82. The van der Waals surface area contributed by atoms with Crippen LogP contribution in [-0.2, 0) is 4.79 Å².